The highest BCUT2D eigenvalue weighted by molar-refractivity contribution is 7.85. The molecule has 2 atom stereocenters. The van der Waals surface area contributed by atoms with E-state index < -0.39 is 21.3 Å². The van der Waals surface area contributed by atoms with E-state index in [1.807, 2.05) is 62.5 Å². The fourth-order valence-corrected chi connectivity index (χ4v) is 7.16. The Morgan fingerprint density at radius 2 is 1.66 bits per heavy atom. The third-order valence-electron chi connectivity index (χ3n) is 8.05. The van der Waals surface area contributed by atoms with Crippen molar-refractivity contribution in [2.24, 2.45) is 16.7 Å². The van der Waals surface area contributed by atoms with E-state index in [0.717, 1.165) is 39.5 Å². The zero-order valence-electron chi connectivity index (χ0n) is 19.8. The molecule has 2 aromatic carbocycles. The molecule has 6 rings (SSSR count). The highest BCUT2D eigenvalue weighted by Crippen LogP contribution is 2.64. The molecule has 35 heavy (non-hydrogen) atoms. The Bertz CT molecular complexity index is 1470. The monoisotopic (exact) mass is 488 g/mol. The van der Waals surface area contributed by atoms with E-state index in [2.05, 4.69) is 29.2 Å². The Morgan fingerprint density at radius 1 is 0.971 bits per heavy atom. The average Bonchev–Trinajstić information content (AvgIpc) is 3.17. The maximum Gasteiger partial charge on any atom is 0.265 e. The van der Waals surface area contributed by atoms with Crippen LogP contribution in [-0.2, 0) is 14.9 Å². The molecule has 2 unspecified atom stereocenters. The van der Waals surface area contributed by atoms with E-state index in [0.29, 0.717) is 12.8 Å². The molecule has 2 aromatic heterocycles. The average molecular weight is 489 g/mol. The number of carbonyl (C=O) groups excluding carboxylic acids is 1. The maximum atomic E-state index is 11.9. The quantitative estimate of drug-likeness (QED) is 0.371. The Morgan fingerprint density at radius 3 is 2.31 bits per heavy atom. The van der Waals surface area contributed by atoms with Gasteiger partial charge in [0.15, 0.2) is 0 Å². The maximum absolute atomic E-state index is 11.9. The molecule has 2 saturated carbocycles. The topological polar surface area (TPSA) is 97.2 Å². The summed E-state index contributed by atoms with van der Waals surface area (Å²) >= 11 is 0. The molecule has 0 aliphatic heterocycles. The lowest BCUT2D eigenvalue weighted by Gasteiger charge is -2.35. The fourth-order valence-electron chi connectivity index (χ4n) is 5.86. The van der Waals surface area contributed by atoms with E-state index >= 15 is 0 Å². The number of fused-ring (bicyclic) bond motifs is 4. The third kappa shape index (κ3) is 4.23. The molecule has 0 amide bonds. The summed E-state index contributed by atoms with van der Waals surface area (Å²) in [5.74, 6) is -0.101. The van der Waals surface area contributed by atoms with Crippen LogP contribution in [0.3, 0.4) is 0 Å². The first-order chi connectivity index (χ1) is 16.6. The van der Waals surface area contributed by atoms with Gasteiger partial charge in [-0.25, -0.2) is 4.98 Å². The first-order valence-corrected chi connectivity index (χ1v) is 13.4. The number of pyridine rings is 2. The molecule has 0 saturated heterocycles. The smallest absolute Gasteiger partial charge is 0.265 e. The summed E-state index contributed by atoms with van der Waals surface area (Å²) in [6.07, 6.45) is 3.86. The molecule has 2 heterocycles. The van der Waals surface area contributed by atoms with Crippen LogP contribution >= 0.6 is 0 Å². The molecule has 4 aromatic rings. The summed E-state index contributed by atoms with van der Waals surface area (Å²) < 4.78 is 31.0. The summed E-state index contributed by atoms with van der Waals surface area (Å²) in [7, 11) is -4.08. The van der Waals surface area contributed by atoms with Crippen molar-refractivity contribution in [1.82, 2.24) is 9.97 Å². The molecule has 2 bridgehead atoms. The standard InChI is InChI=1S/C18H12N2.C10H16O4S/c1-4-8-17-13(5-1)9-10-18(20-17)15-11-14-6-2-3-7-16(14)19-12-15;1-9(2)7-3-4-10(9,8(11)5-7)6-15(12,13)14/h1-12H;7H,3-6H2,1-2H3,(H,12,13,14). The van der Waals surface area contributed by atoms with Crippen molar-refractivity contribution in [2.45, 2.75) is 33.1 Å². The lowest BCUT2D eigenvalue weighted by molar-refractivity contribution is -0.128. The van der Waals surface area contributed by atoms with Gasteiger partial charge in [0.05, 0.1) is 27.9 Å². The molecule has 0 spiro atoms. The predicted molar refractivity (Wildman–Crippen MR) is 137 cm³/mol. The molecule has 0 radical (unpaired) electrons. The van der Waals surface area contributed by atoms with Crippen LogP contribution in [0.5, 0.6) is 0 Å². The minimum Gasteiger partial charge on any atom is -0.299 e. The van der Waals surface area contributed by atoms with Crippen molar-refractivity contribution in [3.63, 3.8) is 0 Å². The second-order valence-corrected chi connectivity index (χ2v) is 11.7. The summed E-state index contributed by atoms with van der Waals surface area (Å²) in [6.45, 7) is 3.89. The van der Waals surface area contributed by atoms with Crippen molar-refractivity contribution in [2.75, 3.05) is 5.75 Å². The lowest BCUT2D eigenvalue weighted by atomic mass is 9.70. The number of hydrogen-bond acceptors (Lipinski definition) is 5. The number of nitrogens with zero attached hydrogens (tertiary/aromatic N) is 2. The van der Waals surface area contributed by atoms with Gasteiger partial charge in [0.2, 0.25) is 0 Å². The number of rotatable bonds is 3. The first-order valence-electron chi connectivity index (χ1n) is 11.8. The number of benzene rings is 2. The van der Waals surface area contributed by atoms with Gasteiger partial charge in [-0.2, -0.15) is 8.42 Å². The van der Waals surface area contributed by atoms with Crippen LogP contribution in [0.4, 0.5) is 0 Å². The van der Waals surface area contributed by atoms with Gasteiger partial charge in [-0.3, -0.25) is 14.3 Å². The van der Waals surface area contributed by atoms with Gasteiger partial charge in [-0.05, 0) is 48.4 Å². The molecular formula is C28H28N2O4S. The van der Waals surface area contributed by atoms with Crippen molar-refractivity contribution < 1.29 is 17.8 Å². The lowest BCUT2D eigenvalue weighted by Crippen LogP contribution is -2.42. The van der Waals surface area contributed by atoms with Gasteiger partial charge in [-0.15, -0.1) is 0 Å². The number of Topliss-reactive ketones (excluding diaryl/α,β-unsaturated/α-hetero) is 1. The minimum absolute atomic E-state index is 0.0152. The van der Waals surface area contributed by atoms with Crippen LogP contribution in [0.2, 0.25) is 0 Å². The van der Waals surface area contributed by atoms with Crippen LogP contribution in [0.15, 0.2) is 72.9 Å². The zero-order chi connectivity index (χ0) is 24.8. The normalized spacial score (nSPS) is 22.8. The van der Waals surface area contributed by atoms with Crippen molar-refractivity contribution >= 4 is 37.7 Å². The van der Waals surface area contributed by atoms with Gasteiger partial charge in [0, 0.05) is 29.0 Å². The first kappa shape index (κ1) is 23.6. The van der Waals surface area contributed by atoms with Crippen molar-refractivity contribution in [1.29, 1.82) is 0 Å². The minimum atomic E-state index is -4.08. The Balaban J connectivity index is 0.000000152. The van der Waals surface area contributed by atoms with Gasteiger partial charge < -0.3 is 0 Å². The number of carbonyl (C=O) groups is 1. The molecule has 180 valence electrons. The van der Waals surface area contributed by atoms with E-state index in [1.54, 1.807) is 0 Å². The van der Waals surface area contributed by atoms with Gasteiger partial charge in [0.1, 0.15) is 5.78 Å². The van der Waals surface area contributed by atoms with E-state index in [4.69, 9.17) is 9.54 Å². The molecule has 2 fully saturated rings. The number of para-hydroxylation sites is 2. The largest absolute Gasteiger partial charge is 0.299 e. The molecule has 7 heteroatoms. The summed E-state index contributed by atoms with van der Waals surface area (Å²) in [5, 5.41) is 2.30. The number of hydrogen-bond donors (Lipinski definition) is 1. The Kier molecular flexibility index (Phi) is 5.73. The van der Waals surface area contributed by atoms with Crippen LogP contribution < -0.4 is 0 Å². The SMILES string of the molecule is CC1(C)C2CCC1(CS(=O)(=O)O)C(=O)C2.c1ccc2ncc(-c3ccc4ccccc4n3)cc2c1. The second kappa shape index (κ2) is 8.50. The summed E-state index contributed by atoms with van der Waals surface area (Å²) in [5.41, 5.74) is 2.91. The number of aromatic nitrogens is 2. The molecule has 6 nitrogen and oxygen atoms in total. The summed E-state index contributed by atoms with van der Waals surface area (Å²) in [6, 6.07) is 22.6. The molecule has 1 N–H and O–H groups in total. The Labute approximate surface area is 205 Å². The highest BCUT2D eigenvalue weighted by Gasteiger charge is 2.65. The molecule has 2 aliphatic carbocycles. The predicted octanol–water partition coefficient (Wildman–Crippen LogP) is 5.72. The van der Waals surface area contributed by atoms with Crippen molar-refractivity contribution in [3.05, 3.63) is 72.9 Å². The zero-order valence-corrected chi connectivity index (χ0v) is 20.6. The van der Waals surface area contributed by atoms with E-state index in [1.165, 1.54) is 0 Å². The molecule has 2 aliphatic rings. The molecular weight excluding hydrogens is 460 g/mol. The van der Waals surface area contributed by atoms with Crippen LogP contribution in [0.1, 0.15) is 33.1 Å². The van der Waals surface area contributed by atoms with E-state index in [9.17, 15) is 13.2 Å². The summed E-state index contributed by atoms with van der Waals surface area (Å²) in [4.78, 5) is 21.1. The highest BCUT2D eigenvalue weighted by atomic mass is 32.2. The number of ketones is 1. The van der Waals surface area contributed by atoms with Crippen molar-refractivity contribution in [3.8, 4) is 11.3 Å². The van der Waals surface area contributed by atoms with Gasteiger partial charge in [0.25, 0.3) is 10.1 Å². The van der Waals surface area contributed by atoms with E-state index in [-0.39, 0.29) is 17.1 Å². The fraction of sp³-hybridized carbons (Fsp3) is 0.321. The van der Waals surface area contributed by atoms with Crippen LogP contribution in [0, 0.1) is 16.7 Å². The van der Waals surface area contributed by atoms with Crippen LogP contribution in [0.25, 0.3) is 33.1 Å². The third-order valence-corrected chi connectivity index (χ3v) is 8.91. The van der Waals surface area contributed by atoms with Gasteiger partial charge >= 0.3 is 0 Å². The second-order valence-electron chi connectivity index (χ2n) is 10.2. The van der Waals surface area contributed by atoms with Crippen LogP contribution in [-0.4, -0.2) is 34.5 Å². The van der Waals surface area contributed by atoms with Gasteiger partial charge in [-0.1, -0.05) is 56.3 Å². The Hall–Kier alpha value is -3.16.